The zero-order valence-electron chi connectivity index (χ0n) is 13.5. The third kappa shape index (κ3) is 5.77. The van der Waals surface area contributed by atoms with Crippen molar-refractivity contribution in [2.24, 2.45) is 5.73 Å². The Hall–Kier alpha value is -1.40. The molecule has 0 saturated heterocycles. The van der Waals surface area contributed by atoms with Crippen LogP contribution in [-0.4, -0.2) is 32.8 Å². The van der Waals surface area contributed by atoms with Gasteiger partial charge in [0, 0.05) is 21.2 Å². The molecule has 1 aromatic rings. The van der Waals surface area contributed by atoms with Gasteiger partial charge in [-0.15, -0.1) is 0 Å². The van der Waals surface area contributed by atoms with Gasteiger partial charge in [0.2, 0.25) is 0 Å². The third-order valence-electron chi connectivity index (χ3n) is 3.93. The van der Waals surface area contributed by atoms with Crippen molar-refractivity contribution in [2.75, 3.05) is 11.5 Å². The molecule has 0 aliphatic carbocycles. The van der Waals surface area contributed by atoms with Crippen molar-refractivity contribution in [3.05, 3.63) is 35.4 Å². The van der Waals surface area contributed by atoms with Gasteiger partial charge in [-0.1, -0.05) is 43.7 Å². The summed E-state index contributed by atoms with van der Waals surface area (Å²) in [5.41, 5.74) is 7.56. The molecule has 0 spiro atoms. The topological polar surface area (TPSA) is 104 Å². The number of carboxylic acids is 1. The van der Waals surface area contributed by atoms with Gasteiger partial charge in [0.25, 0.3) is 0 Å². The summed E-state index contributed by atoms with van der Waals surface area (Å²) >= 11 is 0. The number of benzene rings is 1. The van der Waals surface area contributed by atoms with Gasteiger partial charge in [-0.05, 0) is 30.7 Å². The highest BCUT2D eigenvalue weighted by Gasteiger charge is 2.23. The van der Waals surface area contributed by atoms with Gasteiger partial charge in [0.05, 0.1) is 0 Å². The van der Waals surface area contributed by atoms with Crippen LogP contribution in [0, 0.1) is 11.7 Å². The van der Waals surface area contributed by atoms with Crippen molar-refractivity contribution in [1.29, 1.82) is 4.78 Å². The largest absolute Gasteiger partial charge is 0.480 e. The van der Waals surface area contributed by atoms with Gasteiger partial charge in [-0.2, -0.15) is 0 Å². The fourth-order valence-electron chi connectivity index (χ4n) is 2.17. The van der Waals surface area contributed by atoms with E-state index in [0.717, 1.165) is 5.56 Å². The van der Waals surface area contributed by atoms with Crippen LogP contribution in [0.5, 0.6) is 0 Å². The quantitative estimate of drug-likeness (QED) is 0.682. The predicted octanol–water partition coefficient (Wildman–Crippen LogP) is 2.51. The fraction of sp³-hybridized carbons (Fsp3) is 0.562. The molecule has 0 radical (unpaired) electrons. The van der Waals surface area contributed by atoms with Crippen molar-refractivity contribution >= 4 is 15.7 Å². The summed E-state index contributed by atoms with van der Waals surface area (Å²) in [6, 6.07) is 7.12. The molecule has 22 heavy (non-hydrogen) atoms. The van der Waals surface area contributed by atoms with Crippen molar-refractivity contribution in [1.82, 2.24) is 0 Å². The van der Waals surface area contributed by atoms with Crippen molar-refractivity contribution < 1.29 is 14.1 Å². The lowest BCUT2D eigenvalue weighted by atomic mass is 9.82. The molecular weight excluding hydrogens is 300 g/mol. The average Bonchev–Trinajstić information content (AvgIpc) is 2.43. The second-order valence-corrected chi connectivity index (χ2v) is 8.90. The molecule has 0 heterocycles. The van der Waals surface area contributed by atoms with E-state index in [1.165, 1.54) is 5.56 Å². The first-order valence-electron chi connectivity index (χ1n) is 7.33. The van der Waals surface area contributed by atoms with Gasteiger partial charge < -0.3 is 10.8 Å². The number of carbonyl (C=O) groups is 1. The van der Waals surface area contributed by atoms with E-state index in [9.17, 15) is 9.00 Å². The highest BCUT2D eigenvalue weighted by atomic mass is 32.2. The van der Waals surface area contributed by atoms with Gasteiger partial charge in [-0.25, -0.2) is 4.21 Å². The minimum Gasteiger partial charge on any atom is -0.480 e. The summed E-state index contributed by atoms with van der Waals surface area (Å²) in [5.74, 6) is -0.833. The molecule has 0 aliphatic heterocycles. The molecule has 124 valence electrons. The zero-order valence-corrected chi connectivity index (χ0v) is 14.3. The molecule has 1 unspecified atom stereocenters. The zero-order chi connectivity index (χ0) is 17.0. The summed E-state index contributed by atoms with van der Waals surface area (Å²) in [7, 11) is -2.80. The normalized spacial score (nSPS) is 16.0. The van der Waals surface area contributed by atoms with E-state index in [1.54, 1.807) is 0 Å². The SMILES string of the molecule is Cc1cccc(C(C)(C)CCS(=N)(=O)CC[C@H](N)C(=O)O)c1. The van der Waals surface area contributed by atoms with Crippen LogP contribution < -0.4 is 5.73 Å². The minimum atomic E-state index is -2.80. The third-order valence-corrected chi connectivity index (χ3v) is 5.69. The summed E-state index contributed by atoms with van der Waals surface area (Å²) in [6.07, 6.45) is 0.684. The molecule has 1 rings (SSSR count). The van der Waals surface area contributed by atoms with E-state index >= 15 is 0 Å². The lowest BCUT2D eigenvalue weighted by molar-refractivity contribution is -0.138. The molecule has 0 aliphatic rings. The minimum absolute atomic E-state index is 0.0321. The number of rotatable bonds is 8. The van der Waals surface area contributed by atoms with Crippen LogP contribution in [0.15, 0.2) is 24.3 Å². The maximum absolute atomic E-state index is 12.3. The first-order chi connectivity index (χ1) is 10.0. The van der Waals surface area contributed by atoms with Crippen LogP contribution in [0.25, 0.3) is 0 Å². The van der Waals surface area contributed by atoms with E-state index in [1.807, 2.05) is 25.1 Å². The van der Waals surface area contributed by atoms with Crippen molar-refractivity contribution in [3.8, 4) is 0 Å². The Bertz CT molecular complexity index is 624. The first kappa shape index (κ1) is 18.6. The number of hydrogen-bond acceptors (Lipinski definition) is 4. The predicted molar refractivity (Wildman–Crippen MR) is 89.6 cm³/mol. The van der Waals surface area contributed by atoms with E-state index in [-0.39, 0.29) is 23.3 Å². The molecule has 0 saturated carbocycles. The Morgan fingerprint density at radius 1 is 1.41 bits per heavy atom. The molecule has 4 N–H and O–H groups in total. The van der Waals surface area contributed by atoms with Gasteiger partial charge in [-0.3, -0.25) is 9.57 Å². The number of aryl methyl sites for hydroxylation is 1. The Labute approximate surface area is 132 Å². The van der Waals surface area contributed by atoms with Crippen LogP contribution in [0.1, 0.15) is 37.8 Å². The summed E-state index contributed by atoms with van der Waals surface area (Å²) in [5, 5.41) is 8.73. The number of hydrogen-bond donors (Lipinski definition) is 3. The molecule has 6 heteroatoms. The molecule has 0 aromatic heterocycles. The van der Waals surface area contributed by atoms with Gasteiger partial charge >= 0.3 is 5.97 Å². The summed E-state index contributed by atoms with van der Waals surface area (Å²) in [6.45, 7) is 6.17. The molecule has 2 atom stereocenters. The van der Waals surface area contributed by atoms with E-state index < -0.39 is 21.7 Å². The molecule has 0 amide bonds. The maximum atomic E-state index is 12.3. The smallest absolute Gasteiger partial charge is 0.320 e. The van der Waals surface area contributed by atoms with Crippen LogP contribution in [0.4, 0.5) is 0 Å². The monoisotopic (exact) mass is 326 g/mol. The molecular formula is C16H26N2O3S. The summed E-state index contributed by atoms with van der Waals surface area (Å²) < 4.78 is 20.2. The Balaban J connectivity index is 2.65. The van der Waals surface area contributed by atoms with Gasteiger partial charge in [0.15, 0.2) is 0 Å². The maximum Gasteiger partial charge on any atom is 0.320 e. The Kier molecular flexibility index (Phi) is 6.14. The van der Waals surface area contributed by atoms with Crippen LogP contribution in [-0.2, 0) is 19.9 Å². The number of nitrogens with two attached hydrogens (primary N) is 1. The van der Waals surface area contributed by atoms with Crippen molar-refractivity contribution in [3.63, 3.8) is 0 Å². The van der Waals surface area contributed by atoms with Crippen molar-refractivity contribution in [2.45, 2.75) is 45.1 Å². The lowest BCUT2D eigenvalue weighted by Gasteiger charge is -2.26. The van der Waals surface area contributed by atoms with Crippen LogP contribution >= 0.6 is 0 Å². The van der Waals surface area contributed by atoms with E-state index in [2.05, 4.69) is 19.9 Å². The number of nitrogens with one attached hydrogen (secondary N) is 1. The van der Waals surface area contributed by atoms with Gasteiger partial charge in [0.1, 0.15) is 6.04 Å². The molecule has 5 nitrogen and oxygen atoms in total. The van der Waals surface area contributed by atoms with E-state index in [4.69, 9.17) is 15.6 Å². The Morgan fingerprint density at radius 2 is 2.05 bits per heavy atom. The van der Waals surface area contributed by atoms with Crippen LogP contribution in [0.3, 0.4) is 0 Å². The number of aliphatic carboxylic acids is 1. The average molecular weight is 326 g/mol. The summed E-state index contributed by atoms with van der Waals surface area (Å²) in [4.78, 5) is 10.7. The number of carboxylic acid groups (broad SMARTS) is 1. The highest BCUT2D eigenvalue weighted by Crippen LogP contribution is 2.28. The fourth-order valence-corrected chi connectivity index (χ4v) is 3.85. The highest BCUT2D eigenvalue weighted by molar-refractivity contribution is 7.92. The molecule has 0 bridgehead atoms. The van der Waals surface area contributed by atoms with Crippen LogP contribution in [0.2, 0.25) is 0 Å². The van der Waals surface area contributed by atoms with E-state index in [0.29, 0.717) is 6.42 Å². The first-order valence-corrected chi connectivity index (χ1v) is 9.23. The second-order valence-electron chi connectivity index (χ2n) is 6.46. The lowest BCUT2D eigenvalue weighted by Crippen LogP contribution is -2.32. The second kappa shape index (κ2) is 7.24. The standard InChI is InChI=1S/C16H26N2O3S/c1-12-5-4-6-13(11-12)16(2,3)8-10-22(18,21)9-7-14(17)15(19)20/h4-6,11,14,18H,7-10,17H2,1-3H3,(H,19,20)/t14-,22?/m0/s1. The molecule has 0 fully saturated rings. The molecule has 1 aromatic carbocycles. The Morgan fingerprint density at radius 3 is 2.59 bits per heavy atom.